The Balaban J connectivity index is 0.00000220. The average molecular weight is 312 g/mol. The molecule has 0 fully saturated rings. The summed E-state index contributed by atoms with van der Waals surface area (Å²) in [6.45, 7) is 3.72. The third kappa shape index (κ3) is 4.19. The third-order valence-electron chi connectivity index (χ3n) is 3.55. The maximum atomic E-state index is 12.1. The molecule has 1 aliphatic rings. The van der Waals surface area contributed by atoms with Gasteiger partial charge >= 0.3 is 0 Å². The van der Waals surface area contributed by atoms with Crippen LogP contribution in [-0.2, 0) is 16.0 Å². The summed E-state index contributed by atoms with van der Waals surface area (Å²) in [5.74, 6) is -0.197. The second-order valence-corrected chi connectivity index (χ2v) is 5.54. The lowest BCUT2D eigenvalue weighted by Gasteiger charge is -2.23. The fourth-order valence-corrected chi connectivity index (χ4v) is 2.36. The van der Waals surface area contributed by atoms with Crippen molar-refractivity contribution in [1.29, 1.82) is 0 Å². The molecule has 1 heterocycles. The molecule has 1 aliphatic heterocycles. The number of nitrogens with two attached hydrogens (primary N) is 1. The van der Waals surface area contributed by atoms with Crippen LogP contribution in [0.25, 0.3) is 0 Å². The number of rotatable bonds is 4. The van der Waals surface area contributed by atoms with Crippen molar-refractivity contribution in [3.8, 4) is 0 Å². The van der Waals surface area contributed by atoms with E-state index in [0.29, 0.717) is 18.5 Å². The van der Waals surface area contributed by atoms with Crippen molar-refractivity contribution in [3.63, 3.8) is 0 Å². The molecule has 2 amide bonds. The number of aryl methyl sites for hydroxylation is 1. The molecule has 116 valence electrons. The van der Waals surface area contributed by atoms with Crippen molar-refractivity contribution in [3.05, 3.63) is 23.8 Å². The highest BCUT2D eigenvalue weighted by Gasteiger charge is 2.27. The molecule has 1 atom stereocenters. The second-order valence-electron chi connectivity index (χ2n) is 5.54. The van der Waals surface area contributed by atoms with E-state index in [1.165, 1.54) is 0 Å². The molecular weight excluding hydrogens is 290 g/mol. The van der Waals surface area contributed by atoms with Gasteiger partial charge in [0.1, 0.15) is 0 Å². The van der Waals surface area contributed by atoms with Crippen molar-refractivity contribution < 1.29 is 9.59 Å². The summed E-state index contributed by atoms with van der Waals surface area (Å²) in [6.07, 6.45) is 2.72. The lowest BCUT2D eigenvalue weighted by molar-refractivity contribution is -0.121. The number of fused-ring (bicyclic) bond motifs is 1. The Kier molecular flexibility index (Phi) is 5.75. The van der Waals surface area contributed by atoms with E-state index in [1.807, 2.05) is 19.1 Å². The average Bonchev–Trinajstić information content (AvgIpc) is 2.38. The van der Waals surface area contributed by atoms with Crippen LogP contribution in [0.1, 0.15) is 38.7 Å². The van der Waals surface area contributed by atoms with E-state index in [1.54, 1.807) is 13.0 Å². The normalized spacial score (nSPS) is 16.0. The van der Waals surface area contributed by atoms with Crippen LogP contribution in [0.15, 0.2) is 18.2 Å². The summed E-state index contributed by atoms with van der Waals surface area (Å²) in [6, 6.07) is 5.56. The molecule has 1 aromatic rings. The first-order valence-electron chi connectivity index (χ1n) is 6.95. The van der Waals surface area contributed by atoms with Crippen molar-refractivity contribution in [2.75, 3.05) is 10.6 Å². The summed E-state index contributed by atoms with van der Waals surface area (Å²) in [7, 11) is 0. The van der Waals surface area contributed by atoms with E-state index in [0.717, 1.165) is 24.1 Å². The van der Waals surface area contributed by atoms with Crippen LogP contribution < -0.4 is 16.4 Å². The van der Waals surface area contributed by atoms with Gasteiger partial charge in [-0.2, -0.15) is 0 Å². The van der Waals surface area contributed by atoms with Gasteiger partial charge in [0.2, 0.25) is 11.8 Å². The largest absolute Gasteiger partial charge is 0.326 e. The molecular formula is C15H22ClN3O2. The summed E-state index contributed by atoms with van der Waals surface area (Å²) >= 11 is 0. The maximum Gasteiger partial charge on any atom is 0.244 e. The van der Waals surface area contributed by atoms with Gasteiger partial charge < -0.3 is 16.4 Å². The Morgan fingerprint density at radius 2 is 2.14 bits per heavy atom. The molecule has 1 aromatic carbocycles. The zero-order valence-corrected chi connectivity index (χ0v) is 13.2. The Morgan fingerprint density at radius 3 is 2.81 bits per heavy atom. The molecule has 0 bridgehead atoms. The molecule has 0 radical (unpaired) electrons. The molecule has 0 saturated heterocycles. The molecule has 2 rings (SSSR count). The highest BCUT2D eigenvalue weighted by molar-refractivity contribution is 5.99. The zero-order chi connectivity index (χ0) is 14.8. The topological polar surface area (TPSA) is 84.2 Å². The fraction of sp³-hybridized carbons (Fsp3) is 0.467. The lowest BCUT2D eigenvalue weighted by atomic mass is 9.96. The standard InChI is InChI=1S/C15H21N3O2.ClH/c1-3-8-15(2,16)14(20)17-11-6-4-10-5-7-13(19)18-12(10)9-11;/h4,6,9H,3,5,7-8,16H2,1-2H3,(H,17,20)(H,18,19);1H. The predicted octanol–water partition coefficient (Wildman–Crippen LogP) is 2.45. The summed E-state index contributed by atoms with van der Waals surface area (Å²) in [4.78, 5) is 23.5. The Hall–Kier alpha value is -1.59. The number of benzene rings is 1. The van der Waals surface area contributed by atoms with Crippen molar-refractivity contribution >= 4 is 35.6 Å². The molecule has 6 heteroatoms. The summed E-state index contributed by atoms with van der Waals surface area (Å²) in [5, 5.41) is 5.63. The minimum absolute atomic E-state index is 0. The van der Waals surface area contributed by atoms with Gasteiger partial charge in [0, 0.05) is 17.8 Å². The van der Waals surface area contributed by atoms with E-state index in [2.05, 4.69) is 10.6 Å². The Morgan fingerprint density at radius 1 is 1.43 bits per heavy atom. The highest BCUT2D eigenvalue weighted by Crippen LogP contribution is 2.26. The first kappa shape index (κ1) is 17.5. The number of halogens is 1. The van der Waals surface area contributed by atoms with Crippen LogP contribution in [-0.4, -0.2) is 17.4 Å². The van der Waals surface area contributed by atoms with Gasteiger partial charge in [-0.3, -0.25) is 9.59 Å². The number of anilines is 2. The van der Waals surface area contributed by atoms with E-state index < -0.39 is 5.54 Å². The van der Waals surface area contributed by atoms with Crippen LogP contribution in [0.4, 0.5) is 11.4 Å². The van der Waals surface area contributed by atoms with Gasteiger partial charge in [0.15, 0.2) is 0 Å². The Bertz CT molecular complexity index is 544. The van der Waals surface area contributed by atoms with Gasteiger partial charge in [0.05, 0.1) is 5.54 Å². The van der Waals surface area contributed by atoms with E-state index in [9.17, 15) is 9.59 Å². The summed E-state index contributed by atoms with van der Waals surface area (Å²) in [5.41, 5.74) is 7.63. The lowest BCUT2D eigenvalue weighted by Crippen LogP contribution is -2.48. The van der Waals surface area contributed by atoms with Crippen LogP contribution in [0.5, 0.6) is 0 Å². The van der Waals surface area contributed by atoms with Crippen molar-refractivity contribution in [2.45, 2.75) is 45.1 Å². The Labute approximate surface area is 131 Å². The molecule has 5 nitrogen and oxygen atoms in total. The SMILES string of the molecule is CCCC(C)(N)C(=O)Nc1ccc2c(c1)NC(=O)CC2.Cl. The van der Waals surface area contributed by atoms with Crippen molar-refractivity contribution in [2.24, 2.45) is 5.73 Å². The molecule has 0 spiro atoms. The van der Waals surface area contributed by atoms with E-state index >= 15 is 0 Å². The van der Waals surface area contributed by atoms with Gasteiger partial charge in [-0.25, -0.2) is 0 Å². The van der Waals surface area contributed by atoms with E-state index in [-0.39, 0.29) is 24.2 Å². The smallest absolute Gasteiger partial charge is 0.244 e. The van der Waals surface area contributed by atoms with Crippen LogP contribution >= 0.6 is 12.4 Å². The minimum atomic E-state index is -0.881. The van der Waals surface area contributed by atoms with E-state index in [4.69, 9.17) is 5.73 Å². The molecule has 21 heavy (non-hydrogen) atoms. The summed E-state index contributed by atoms with van der Waals surface area (Å²) < 4.78 is 0. The number of amides is 2. The maximum absolute atomic E-state index is 12.1. The van der Waals surface area contributed by atoms with Crippen LogP contribution in [0.2, 0.25) is 0 Å². The van der Waals surface area contributed by atoms with Gasteiger partial charge in [0.25, 0.3) is 0 Å². The minimum Gasteiger partial charge on any atom is -0.326 e. The van der Waals surface area contributed by atoms with Gasteiger partial charge in [-0.15, -0.1) is 12.4 Å². The van der Waals surface area contributed by atoms with Crippen LogP contribution in [0.3, 0.4) is 0 Å². The predicted molar refractivity (Wildman–Crippen MR) is 86.8 cm³/mol. The number of carbonyl (C=O) groups excluding carboxylic acids is 2. The monoisotopic (exact) mass is 311 g/mol. The highest BCUT2D eigenvalue weighted by atomic mass is 35.5. The molecule has 0 saturated carbocycles. The molecule has 4 N–H and O–H groups in total. The number of carbonyl (C=O) groups is 2. The van der Waals surface area contributed by atoms with Crippen molar-refractivity contribution in [1.82, 2.24) is 0 Å². The third-order valence-corrected chi connectivity index (χ3v) is 3.55. The zero-order valence-electron chi connectivity index (χ0n) is 12.4. The number of hydrogen-bond acceptors (Lipinski definition) is 3. The quantitative estimate of drug-likeness (QED) is 0.798. The van der Waals surface area contributed by atoms with Gasteiger partial charge in [-0.05, 0) is 37.5 Å². The molecule has 0 aliphatic carbocycles. The first-order chi connectivity index (χ1) is 9.42. The number of hydrogen-bond donors (Lipinski definition) is 3. The molecule has 1 unspecified atom stereocenters. The van der Waals surface area contributed by atoms with Gasteiger partial charge in [-0.1, -0.05) is 19.4 Å². The van der Waals surface area contributed by atoms with Crippen LogP contribution in [0, 0.1) is 0 Å². The number of nitrogens with one attached hydrogen (secondary N) is 2. The molecule has 0 aromatic heterocycles. The second kappa shape index (κ2) is 6.91. The fourth-order valence-electron chi connectivity index (χ4n) is 2.36. The first-order valence-corrected chi connectivity index (χ1v) is 6.95.